The van der Waals surface area contributed by atoms with Crippen molar-refractivity contribution in [3.63, 3.8) is 0 Å². The maximum absolute atomic E-state index is 12.3. The van der Waals surface area contributed by atoms with Crippen molar-refractivity contribution in [2.45, 2.75) is 58.5 Å². The number of benzene rings is 1. The van der Waals surface area contributed by atoms with Gasteiger partial charge >= 0.3 is 5.97 Å². The summed E-state index contributed by atoms with van der Waals surface area (Å²) in [4.78, 5) is 12.3. The molecule has 0 N–H and O–H groups in total. The largest absolute Gasteiger partial charge is 0.456 e. The molecule has 1 unspecified atom stereocenters. The summed E-state index contributed by atoms with van der Waals surface area (Å²) in [6, 6.07) is 7.64. The lowest BCUT2D eigenvalue weighted by Crippen LogP contribution is -2.23. The zero-order chi connectivity index (χ0) is 15.5. The van der Waals surface area contributed by atoms with E-state index in [2.05, 4.69) is 6.92 Å². The minimum Gasteiger partial charge on any atom is -0.456 e. The molecule has 0 fully saturated rings. The lowest BCUT2D eigenvalue weighted by molar-refractivity contribution is 0.00228. The molecule has 0 spiro atoms. The third-order valence-electron chi connectivity index (χ3n) is 3.62. The van der Waals surface area contributed by atoms with Crippen LogP contribution in [-0.4, -0.2) is 25.8 Å². The molecule has 0 radical (unpaired) electrons. The Morgan fingerprint density at radius 2 is 1.90 bits per heavy atom. The molecule has 1 aromatic rings. The molecular weight excluding hydrogens is 264 g/mol. The Bertz CT molecular complexity index is 415. The number of methoxy groups -OCH3 is 1. The highest BCUT2D eigenvalue weighted by Gasteiger charge is 2.17. The second-order valence-electron chi connectivity index (χ2n) is 5.34. The molecule has 118 valence electrons. The second kappa shape index (κ2) is 10.4. The van der Waals surface area contributed by atoms with E-state index in [0.717, 1.165) is 24.8 Å². The molecule has 1 rings (SSSR count). The van der Waals surface area contributed by atoms with Crippen LogP contribution in [0.1, 0.15) is 61.9 Å². The van der Waals surface area contributed by atoms with Crippen molar-refractivity contribution >= 4 is 5.97 Å². The molecule has 0 aliphatic carbocycles. The number of aryl methyl sites for hydroxylation is 1. The molecule has 0 saturated heterocycles. The number of unbranched alkanes of at least 4 members (excludes halogenated alkanes) is 3. The number of carbonyl (C=O) groups is 1. The monoisotopic (exact) mass is 292 g/mol. The van der Waals surface area contributed by atoms with Gasteiger partial charge in [0.2, 0.25) is 0 Å². The number of ether oxygens (including phenoxy) is 2. The highest BCUT2D eigenvalue weighted by atomic mass is 16.6. The predicted octanol–water partition coefficient (Wildman–Crippen LogP) is 4.39. The normalized spacial score (nSPS) is 12.1. The number of esters is 1. The summed E-state index contributed by atoms with van der Waals surface area (Å²) < 4.78 is 10.8. The Morgan fingerprint density at radius 3 is 2.57 bits per heavy atom. The number of carbonyl (C=O) groups excluding carboxylic acids is 1. The quantitative estimate of drug-likeness (QED) is 0.474. The van der Waals surface area contributed by atoms with Gasteiger partial charge in [0.05, 0.1) is 12.2 Å². The van der Waals surface area contributed by atoms with Gasteiger partial charge in [0.25, 0.3) is 0 Å². The molecule has 3 nitrogen and oxygen atoms in total. The van der Waals surface area contributed by atoms with Crippen LogP contribution in [0.4, 0.5) is 0 Å². The molecule has 21 heavy (non-hydrogen) atoms. The van der Waals surface area contributed by atoms with Crippen LogP contribution in [0.25, 0.3) is 0 Å². The third kappa shape index (κ3) is 6.30. The first-order valence-corrected chi connectivity index (χ1v) is 8.00. The minimum atomic E-state index is -0.231. The molecule has 3 heteroatoms. The summed E-state index contributed by atoms with van der Waals surface area (Å²) in [5.41, 5.74) is 1.71. The highest BCUT2D eigenvalue weighted by Crippen LogP contribution is 2.15. The van der Waals surface area contributed by atoms with E-state index in [1.165, 1.54) is 19.3 Å². The van der Waals surface area contributed by atoms with E-state index in [9.17, 15) is 4.79 Å². The fourth-order valence-electron chi connectivity index (χ4n) is 2.40. The van der Waals surface area contributed by atoms with Gasteiger partial charge in [-0.2, -0.15) is 0 Å². The molecule has 1 aromatic carbocycles. The van der Waals surface area contributed by atoms with Gasteiger partial charge in [0.15, 0.2) is 0 Å². The number of hydrogen-bond donors (Lipinski definition) is 0. The molecule has 1 atom stereocenters. The highest BCUT2D eigenvalue weighted by molar-refractivity contribution is 5.91. The molecular formula is C18H28O3. The first kappa shape index (κ1) is 17.7. The van der Waals surface area contributed by atoms with Gasteiger partial charge in [-0.3, -0.25) is 0 Å². The van der Waals surface area contributed by atoms with E-state index in [1.54, 1.807) is 7.11 Å². The Balaban J connectivity index is 2.58. The lowest BCUT2D eigenvalue weighted by atomic mass is 10.1. The molecule has 0 amide bonds. The summed E-state index contributed by atoms with van der Waals surface area (Å²) >= 11 is 0. The Kier molecular flexibility index (Phi) is 8.76. The van der Waals surface area contributed by atoms with Crippen molar-refractivity contribution < 1.29 is 14.3 Å². The van der Waals surface area contributed by atoms with Crippen molar-refractivity contribution in [1.82, 2.24) is 0 Å². The van der Waals surface area contributed by atoms with Gasteiger partial charge in [0, 0.05) is 7.11 Å². The molecule has 0 aliphatic rings. The van der Waals surface area contributed by atoms with Gasteiger partial charge in [-0.25, -0.2) is 4.79 Å². The first-order valence-electron chi connectivity index (χ1n) is 8.00. The number of hydrogen-bond acceptors (Lipinski definition) is 3. The van der Waals surface area contributed by atoms with Crippen LogP contribution in [0.15, 0.2) is 24.3 Å². The molecule has 0 heterocycles. The summed E-state index contributed by atoms with van der Waals surface area (Å²) in [6.45, 7) is 4.70. The first-order chi connectivity index (χ1) is 10.2. The van der Waals surface area contributed by atoms with E-state index < -0.39 is 0 Å². The summed E-state index contributed by atoms with van der Waals surface area (Å²) in [7, 11) is 1.65. The number of rotatable bonds is 10. The molecule has 0 aromatic heterocycles. The Hall–Kier alpha value is -1.35. The van der Waals surface area contributed by atoms with Crippen molar-refractivity contribution in [2.75, 3.05) is 13.7 Å². The van der Waals surface area contributed by atoms with Gasteiger partial charge < -0.3 is 9.47 Å². The van der Waals surface area contributed by atoms with Crippen LogP contribution < -0.4 is 0 Å². The zero-order valence-corrected chi connectivity index (χ0v) is 13.6. The van der Waals surface area contributed by atoms with Crippen LogP contribution in [0.2, 0.25) is 0 Å². The van der Waals surface area contributed by atoms with Crippen molar-refractivity contribution in [3.05, 3.63) is 35.4 Å². The van der Waals surface area contributed by atoms with E-state index in [-0.39, 0.29) is 12.1 Å². The maximum Gasteiger partial charge on any atom is 0.338 e. The summed E-state index contributed by atoms with van der Waals surface area (Å²) in [5.74, 6) is -0.231. The van der Waals surface area contributed by atoms with Crippen molar-refractivity contribution in [3.8, 4) is 0 Å². The molecule has 0 bridgehead atoms. The summed E-state index contributed by atoms with van der Waals surface area (Å²) in [5, 5.41) is 0. The van der Waals surface area contributed by atoms with E-state index in [4.69, 9.17) is 9.47 Å². The fraction of sp³-hybridized carbons (Fsp3) is 0.611. The third-order valence-corrected chi connectivity index (χ3v) is 3.62. The fourth-order valence-corrected chi connectivity index (χ4v) is 2.40. The molecule has 0 saturated carbocycles. The van der Waals surface area contributed by atoms with E-state index >= 15 is 0 Å². The van der Waals surface area contributed by atoms with Crippen LogP contribution in [0.3, 0.4) is 0 Å². The topological polar surface area (TPSA) is 35.5 Å². The predicted molar refractivity (Wildman–Crippen MR) is 85.7 cm³/mol. The van der Waals surface area contributed by atoms with E-state index in [0.29, 0.717) is 12.2 Å². The van der Waals surface area contributed by atoms with Gasteiger partial charge in [-0.1, -0.05) is 51.3 Å². The lowest BCUT2D eigenvalue weighted by Gasteiger charge is -2.18. The minimum absolute atomic E-state index is 0.149. The van der Waals surface area contributed by atoms with Gasteiger partial charge in [-0.15, -0.1) is 0 Å². The van der Waals surface area contributed by atoms with Crippen LogP contribution in [0.5, 0.6) is 0 Å². The van der Waals surface area contributed by atoms with Crippen LogP contribution in [0, 0.1) is 0 Å². The SMILES string of the molecule is CCCCCCC(COC)OC(=O)c1ccccc1CC. The Labute approximate surface area is 128 Å². The standard InChI is InChI=1S/C18H28O3/c1-4-6-7-8-12-16(14-20-3)21-18(19)17-13-10-9-11-15(17)5-2/h9-11,13,16H,4-8,12,14H2,1-3H3. The smallest absolute Gasteiger partial charge is 0.338 e. The van der Waals surface area contributed by atoms with Crippen molar-refractivity contribution in [2.24, 2.45) is 0 Å². The van der Waals surface area contributed by atoms with Gasteiger partial charge in [0.1, 0.15) is 6.10 Å². The van der Waals surface area contributed by atoms with Crippen LogP contribution >= 0.6 is 0 Å². The second-order valence-corrected chi connectivity index (χ2v) is 5.34. The zero-order valence-electron chi connectivity index (χ0n) is 13.6. The average Bonchev–Trinajstić information content (AvgIpc) is 2.51. The molecule has 0 aliphatic heterocycles. The summed E-state index contributed by atoms with van der Waals surface area (Å²) in [6.07, 6.45) is 6.24. The Morgan fingerprint density at radius 1 is 1.14 bits per heavy atom. The average molecular weight is 292 g/mol. The van der Waals surface area contributed by atoms with E-state index in [1.807, 2.05) is 31.2 Å². The van der Waals surface area contributed by atoms with Crippen molar-refractivity contribution in [1.29, 1.82) is 0 Å². The van der Waals surface area contributed by atoms with Crippen LogP contribution in [-0.2, 0) is 15.9 Å². The van der Waals surface area contributed by atoms with Gasteiger partial charge in [-0.05, 0) is 30.9 Å². The maximum atomic E-state index is 12.3.